The van der Waals surface area contributed by atoms with E-state index in [9.17, 15) is 45.3 Å². The molecule has 0 aromatic rings. The maximum absolute atomic E-state index is 13.0. The number of carbonyl (C=O) groups excluding carboxylic acids is 2. The van der Waals surface area contributed by atoms with Crippen molar-refractivity contribution in [3.63, 3.8) is 0 Å². The standard InChI is InChI=1S/C55H90O15/c1-3-5-7-9-11-13-15-17-19-20-21-22-24-26-28-30-32-34-36-38-47(58)68-43(40-65-46(57)37-35-33-31-29-27-25-23-18-16-14-12-10-8-6-4-2)41-66-54-53(64)51(62)49(60)45(70-54)42-67-55-52(63)50(61)48(59)44(39-56)69-55/h5,7,11,13-14,16-17,19,21-22,26,28,32,34,43-45,48-56,59-64H,3-4,6,8-10,12,15,18,20,23-25,27,29-31,33,35-42H2,1-2H3/b7-5+,13-11+,16-14+,19-17+,22-21+,28-26+,34-32+/t43-,44+,45+,48-,49-,50?,51?,52?,53?,54+,55+/m1/s1. The van der Waals surface area contributed by atoms with Crippen molar-refractivity contribution in [2.45, 2.75) is 223 Å². The Bertz CT molecular complexity index is 1540. The van der Waals surface area contributed by atoms with Crippen LogP contribution in [0.5, 0.6) is 0 Å². The summed E-state index contributed by atoms with van der Waals surface area (Å²) in [6.45, 7) is 2.36. The third-order valence-corrected chi connectivity index (χ3v) is 11.9. The van der Waals surface area contributed by atoms with Crippen molar-refractivity contribution < 1.29 is 73.8 Å². The monoisotopic (exact) mass is 991 g/mol. The van der Waals surface area contributed by atoms with Crippen LogP contribution in [0.2, 0.25) is 0 Å². The Labute approximate surface area is 418 Å². The second-order valence-corrected chi connectivity index (χ2v) is 18.0. The molecule has 11 atom stereocenters. The van der Waals surface area contributed by atoms with E-state index in [0.717, 1.165) is 64.2 Å². The van der Waals surface area contributed by atoms with Gasteiger partial charge in [-0.3, -0.25) is 9.59 Å². The highest BCUT2D eigenvalue weighted by atomic mass is 16.7. The second kappa shape index (κ2) is 41.2. The van der Waals surface area contributed by atoms with E-state index in [1.54, 1.807) is 0 Å². The molecule has 2 heterocycles. The molecule has 0 aliphatic carbocycles. The molecule has 2 fully saturated rings. The molecular weight excluding hydrogens is 901 g/mol. The van der Waals surface area contributed by atoms with Crippen LogP contribution in [0.4, 0.5) is 0 Å². The molecule has 2 rings (SSSR count). The first kappa shape index (κ1) is 62.8. The van der Waals surface area contributed by atoms with Crippen molar-refractivity contribution in [2.24, 2.45) is 0 Å². The van der Waals surface area contributed by atoms with Gasteiger partial charge in [-0.25, -0.2) is 0 Å². The Balaban J connectivity index is 1.85. The maximum Gasteiger partial charge on any atom is 0.306 e. The average molecular weight is 991 g/mol. The zero-order chi connectivity index (χ0) is 51.0. The minimum atomic E-state index is -1.78. The van der Waals surface area contributed by atoms with Gasteiger partial charge in [-0.1, -0.05) is 150 Å². The third-order valence-electron chi connectivity index (χ3n) is 11.9. The van der Waals surface area contributed by atoms with Gasteiger partial charge in [0.1, 0.15) is 55.4 Å². The van der Waals surface area contributed by atoms with Gasteiger partial charge < -0.3 is 64.2 Å². The summed E-state index contributed by atoms with van der Waals surface area (Å²) < 4.78 is 33.5. The van der Waals surface area contributed by atoms with Gasteiger partial charge in [0.05, 0.1) is 19.8 Å². The quantitative estimate of drug-likeness (QED) is 0.0179. The first-order valence-electron chi connectivity index (χ1n) is 26.2. The van der Waals surface area contributed by atoms with Gasteiger partial charge in [-0.15, -0.1) is 0 Å². The predicted octanol–water partition coefficient (Wildman–Crippen LogP) is 7.60. The van der Waals surface area contributed by atoms with Gasteiger partial charge in [0.15, 0.2) is 18.7 Å². The van der Waals surface area contributed by atoms with Gasteiger partial charge in [0, 0.05) is 12.8 Å². The van der Waals surface area contributed by atoms with Gasteiger partial charge in [0.25, 0.3) is 0 Å². The van der Waals surface area contributed by atoms with Crippen LogP contribution >= 0.6 is 0 Å². The summed E-state index contributed by atoms with van der Waals surface area (Å²) in [5.41, 5.74) is 0. The largest absolute Gasteiger partial charge is 0.462 e. The minimum absolute atomic E-state index is 0.0350. The number of hydrogen-bond donors (Lipinski definition) is 7. The lowest BCUT2D eigenvalue weighted by Gasteiger charge is -2.42. The molecule has 0 aromatic heterocycles. The van der Waals surface area contributed by atoms with Crippen LogP contribution in [0.3, 0.4) is 0 Å². The number of ether oxygens (including phenoxy) is 6. The fourth-order valence-electron chi connectivity index (χ4n) is 7.59. The number of rotatable bonds is 39. The van der Waals surface area contributed by atoms with E-state index < -0.39 is 99.3 Å². The minimum Gasteiger partial charge on any atom is -0.462 e. The number of hydrogen-bond acceptors (Lipinski definition) is 15. The average Bonchev–Trinajstić information content (AvgIpc) is 3.35. The molecule has 70 heavy (non-hydrogen) atoms. The van der Waals surface area contributed by atoms with Gasteiger partial charge in [-0.05, 0) is 77.0 Å². The van der Waals surface area contributed by atoms with Crippen LogP contribution in [-0.4, -0.2) is 142 Å². The lowest BCUT2D eigenvalue weighted by molar-refractivity contribution is -0.332. The van der Waals surface area contributed by atoms with E-state index in [1.165, 1.54) is 44.9 Å². The van der Waals surface area contributed by atoms with Crippen molar-refractivity contribution in [3.05, 3.63) is 85.1 Å². The number of aliphatic hydroxyl groups is 7. The van der Waals surface area contributed by atoms with Gasteiger partial charge in [-0.2, -0.15) is 0 Å². The van der Waals surface area contributed by atoms with Crippen molar-refractivity contribution >= 4 is 11.9 Å². The molecule has 15 heteroatoms. The first-order chi connectivity index (χ1) is 34.0. The number of carbonyl (C=O) groups is 2. The molecular formula is C55H90O15. The summed E-state index contributed by atoms with van der Waals surface area (Å²) in [7, 11) is 0. The Morgan fingerprint density at radius 1 is 0.471 bits per heavy atom. The summed E-state index contributed by atoms with van der Waals surface area (Å²) in [5, 5.41) is 72.1. The smallest absolute Gasteiger partial charge is 0.306 e. The predicted molar refractivity (Wildman–Crippen MR) is 270 cm³/mol. The Hall–Kier alpha value is -3.32. The Kier molecular flexibility index (Phi) is 36.9. The fraction of sp³-hybridized carbons (Fsp3) is 0.709. The van der Waals surface area contributed by atoms with Gasteiger partial charge in [0.2, 0.25) is 0 Å². The van der Waals surface area contributed by atoms with Crippen LogP contribution in [0.15, 0.2) is 85.1 Å². The molecule has 0 saturated carbocycles. The van der Waals surface area contributed by atoms with E-state index in [2.05, 4.69) is 86.8 Å². The van der Waals surface area contributed by atoms with Crippen molar-refractivity contribution in [1.82, 2.24) is 0 Å². The van der Waals surface area contributed by atoms with E-state index >= 15 is 0 Å². The Morgan fingerprint density at radius 2 is 0.929 bits per heavy atom. The van der Waals surface area contributed by atoms with Crippen molar-refractivity contribution in [1.29, 1.82) is 0 Å². The molecule has 400 valence electrons. The molecule has 2 aliphatic rings. The van der Waals surface area contributed by atoms with Crippen molar-refractivity contribution in [2.75, 3.05) is 26.4 Å². The molecule has 0 aromatic carbocycles. The first-order valence-corrected chi connectivity index (χ1v) is 26.2. The fourth-order valence-corrected chi connectivity index (χ4v) is 7.59. The molecule has 0 radical (unpaired) electrons. The summed E-state index contributed by atoms with van der Waals surface area (Å²) in [4.78, 5) is 25.7. The molecule has 0 amide bonds. The van der Waals surface area contributed by atoms with Crippen LogP contribution in [-0.2, 0) is 38.0 Å². The van der Waals surface area contributed by atoms with E-state index in [1.807, 2.05) is 12.2 Å². The zero-order valence-corrected chi connectivity index (χ0v) is 42.2. The lowest BCUT2D eigenvalue weighted by Crippen LogP contribution is -2.61. The number of unbranched alkanes of at least 4 members (excludes halogenated alkanes) is 11. The number of aliphatic hydroxyl groups excluding tert-OH is 7. The van der Waals surface area contributed by atoms with Crippen LogP contribution in [0.25, 0.3) is 0 Å². The Morgan fingerprint density at radius 3 is 1.47 bits per heavy atom. The van der Waals surface area contributed by atoms with E-state index in [-0.39, 0.29) is 19.4 Å². The highest BCUT2D eigenvalue weighted by molar-refractivity contribution is 5.70. The molecule has 2 saturated heterocycles. The van der Waals surface area contributed by atoms with E-state index in [0.29, 0.717) is 19.3 Å². The summed E-state index contributed by atoms with van der Waals surface area (Å²) in [6.07, 6.45) is 33.3. The molecule has 7 N–H and O–H groups in total. The normalized spacial score (nSPS) is 26.1. The lowest BCUT2D eigenvalue weighted by atomic mass is 9.98. The maximum atomic E-state index is 13.0. The highest BCUT2D eigenvalue weighted by Crippen LogP contribution is 2.26. The summed E-state index contributed by atoms with van der Waals surface area (Å²) >= 11 is 0. The SMILES string of the molecule is CC/C=C/C/C=C/C/C=C/C/C=C/C/C=C/C/C=C/CCC(=O)O[C@H](COC(=O)CCCCCCCCC/C=C/CCCCCC)CO[C@H]1O[C@@H](CO[C@H]2O[C@@H](CO)[C@@H](O)C(O)C2O)[C@@H](O)C(O)C1O. The van der Waals surface area contributed by atoms with E-state index in [4.69, 9.17) is 28.4 Å². The van der Waals surface area contributed by atoms with Crippen molar-refractivity contribution in [3.8, 4) is 0 Å². The summed E-state index contributed by atoms with van der Waals surface area (Å²) in [6, 6.07) is 0. The molecule has 2 aliphatic heterocycles. The highest BCUT2D eigenvalue weighted by Gasteiger charge is 2.47. The molecule has 15 nitrogen and oxygen atoms in total. The van der Waals surface area contributed by atoms with Crippen LogP contribution in [0.1, 0.15) is 155 Å². The molecule has 4 unspecified atom stereocenters. The van der Waals surface area contributed by atoms with Gasteiger partial charge >= 0.3 is 11.9 Å². The summed E-state index contributed by atoms with van der Waals surface area (Å²) in [5.74, 6) is -1.03. The third kappa shape index (κ3) is 28.7. The molecule has 0 bridgehead atoms. The zero-order valence-electron chi connectivity index (χ0n) is 42.2. The second-order valence-electron chi connectivity index (χ2n) is 18.0. The number of esters is 2. The molecule has 0 spiro atoms. The number of allylic oxidation sites excluding steroid dienone is 14. The van der Waals surface area contributed by atoms with Crippen LogP contribution < -0.4 is 0 Å². The topological polar surface area (TPSA) is 231 Å². The van der Waals surface area contributed by atoms with Crippen LogP contribution in [0, 0.1) is 0 Å².